The molecule has 4 rings (SSSR count). The molecule has 3 aromatic rings. The lowest BCUT2D eigenvalue weighted by Gasteiger charge is -2.26. The number of nitrogens with one attached hydrogen (secondary N) is 2. The van der Waals surface area contributed by atoms with E-state index in [1.807, 2.05) is 12.1 Å². The first-order valence-electron chi connectivity index (χ1n) is 12.1. The van der Waals surface area contributed by atoms with Gasteiger partial charge in [-0.25, -0.2) is 9.97 Å². The number of rotatable bonds is 10. The zero-order valence-electron chi connectivity index (χ0n) is 21.3. The van der Waals surface area contributed by atoms with Gasteiger partial charge in [0.2, 0.25) is 11.9 Å². The zero-order valence-corrected chi connectivity index (χ0v) is 22.1. The van der Waals surface area contributed by atoms with Gasteiger partial charge in [0.05, 0.1) is 43.3 Å². The number of aliphatic hydroxyl groups excluding tert-OH is 2. The van der Waals surface area contributed by atoms with E-state index in [9.17, 15) is 19.8 Å². The Labute approximate surface area is 225 Å². The van der Waals surface area contributed by atoms with Crippen LogP contribution in [0.5, 0.6) is 5.75 Å². The summed E-state index contributed by atoms with van der Waals surface area (Å²) < 4.78 is 5.23. The zero-order chi connectivity index (χ0) is 27.4. The molecule has 0 fully saturated rings. The summed E-state index contributed by atoms with van der Waals surface area (Å²) in [6, 6.07) is 10.8. The molecule has 0 saturated carbocycles. The lowest BCUT2D eigenvalue weighted by atomic mass is 10.0. The van der Waals surface area contributed by atoms with Gasteiger partial charge >= 0.3 is 0 Å². The van der Waals surface area contributed by atoms with E-state index in [0.717, 1.165) is 5.56 Å². The van der Waals surface area contributed by atoms with Crippen molar-refractivity contribution < 1.29 is 24.5 Å². The SMILES string of the molecule is COc1cccc([C@@H](CO)NC(=O)[C@@H](C)N2Cc3ccc(-c4nc(N[C@@H](C)CO)ncc4Cl)cc3C2=O)c1. The molecule has 1 aliphatic rings. The van der Waals surface area contributed by atoms with Crippen LogP contribution in [0, 0.1) is 0 Å². The molecule has 0 aliphatic carbocycles. The van der Waals surface area contributed by atoms with Crippen LogP contribution in [0.25, 0.3) is 11.3 Å². The Kier molecular flexibility index (Phi) is 8.45. The number of amides is 2. The Hall–Kier alpha value is -3.73. The summed E-state index contributed by atoms with van der Waals surface area (Å²) in [4.78, 5) is 36.5. The van der Waals surface area contributed by atoms with Gasteiger partial charge in [-0.15, -0.1) is 0 Å². The molecule has 1 aromatic heterocycles. The van der Waals surface area contributed by atoms with Gasteiger partial charge < -0.3 is 30.5 Å². The fourth-order valence-corrected chi connectivity index (χ4v) is 4.42. The molecule has 3 atom stereocenters. The average Bonchev–Trinajstić information content (AvgIpc) is 3.27. The van der Waals surface area contributed by atoms with Crippen molar-refractivity contribution in [3.8, 4) is 17.0 Å². The topological polar surface area (TPSA) is 137 Å². The lowest BCUT2D eigenvalue weighted by molar-refractivity contribution is -0.126. The Morgan fingerprint density at radius 3 is 2.68 bits per heavy atom. The number of ether oxygens (including phenoxy) is 1. The highest BCUT2D eigenvalue weighted by Crippen LogP contribution is 2.32. The van der Waals surface area contributed by atoms with Crippen molar-refractivity contribution in [3.05, 3.63) is 70.4 Å². The summed E-state index contributed by atoms with van der Waals surface area (Å²) >= 11 is 6.36. The van der Waals surface area contributed by atoms with Crippen molar-refractivity contribution in [3.63, 3.8) is 0 Å². The van der Waals surface area contributed by atoms with E-state index in [0.29, 0.717) is 39.1 Å². The van der Waals surface area contributed by atoms with E-state index in [1.54, 1.807) is 51.3 Å². The van der Waals surface area contributed by atoms with Crippen molar-refractivity contribution in [2.75, 3.05) is 25.6 Å². The maximum absolute atomic E-state index is 13.3. The maximum Gasteiger partial charge on any atom is 0.255 e. The molecule has 200 valence electrons. The summed E-state index contributed by atoms with van der Waals surface area (Å²) in [5.74, 6) is 0.239. The van der Waals surface area contributed by atoms with Crippen molar-refractivity contribution in [2.24, 2.45) is 0 Å². The third-order valence-electron chi connectivity index (χ3n) is 6.45. The smallest absolute Gasteiger partial charge is 0.255 e. The third kappa shape index (κ3) is 5.72. The van der Waals surface area contributed by atoms with Crippen LogP contribution in [-0.2, 0) is 11.3 Å². The van der Waals surface area contributed by atoms with Gasteiger partial charge in [-0.3, -0.25) is 9.59 Å². The van der Waals surface area contributed by atoms with Gasteiger partial charge in [0, 0.05) is 23.7 Å². The molecule has 0 bridgehead atoms. The van der Waals surface area contributed by atoms with Gasteiger partial charge in [-0.1, -0.05) is 35.9 Å². The summed E-state index contributed by atoms with van der Waals surface area (Å²) in [7, 11) is 1.54. The molecule has 2 heterocycles. The second-order valence-corrected chi connectivity index (χ2v) is 9.53. The molecule has 2 aromatic carbocycles. The fraction of sp³-hybridized carbons (Fsp3) is 0.333. The Morgan fingerprint density at radius 1 is 1.18 bits per heavy atom. The number of hydrogen-bond acceptors (Lipinski definition) is 8. The highest BCUT2D eigenvalue weighted by Gasteiger charge is 2.35. The van der Waals surface area contributed by atoms with Crippen molar-refractivity contribution in [1.29, 1.82) is 0 Å². The number of aliphatic hydroxyl groups is 2. The van der Waals surface area contributed by atoms with Gasteiger partial charge in [0.25, 0.3) is 5.91 Å². The molecule has 0 spiro atoms. The quantitative estimate of drug-likeness (QED) is 0.309. The van der Waals surface area contributed by atoms with Crippen LogP contribution < -0.4 is 15.4 Å². The summed E-state index contributed by atoms with van der Waals surface area (Å²) in [5.41, 5.74) is 3.00. The average molecular weight is 540 g/mol. The van der Waals surface area contributed by atoms with Gasteiger partial charge in [-0.2, -0.15) is 0 Å². The number of benzene rings is 2. The van der Waals surface area contributed by atoms with Crippen LogP contribution in [0.15, 0.2) is 48.7 Å². The van der Waals surface area contributed by atoms with Gasteiger partial charge in [0.1, 0.15) is 11.8 Å². The number of carbonyl (C=O) groups is 2. The van der Waals surface area contributed by atoms with E-state index in [2.05, 4.69) is 20.6 Å². The molecular formula is C27H30ClN5O5. The van der Waals surface area contributed by atoms with Crippen LogP contribution in [0.3, 0.4) is 0 Å². The molecule has 0 unspecified atom stereocenters. The number of methoxy groups -OCH3 is 1. The largest absolute Gasteiger partial charge is 0.497 e. The molecule has 11 heteroatoms. The lowest BCUT2D eigenvalue weighted by Crippen LogP contribution is -2.46. The second kappa shape index (κ2) is 11.8. The molecule has 0 saturated heterocycles. The summed E-state index contributed by atoms with van der Waals surface area (Å²) in [6.45, 7) is 3.31. The van der Waals surface area contributed by atoms with E-state index in [4.69, 9.17) is 16.3 Å². The van der Waals surface area contributed by atoms with Gasteiger partial charge in [-0.05, 0) is 43.2 Å². The predicted molar refractivity (Wildman–Crippen MR) is 143 cm³/mol. The number of nitrogens with zero attached hydrogens (tertiary/aromatic N) is 3. The molecule has 4 N–H and O–H groups in total. The highest BCUT2D eigenvalue weighted by molar-refractivity contribution is 6.33. The predicted octanol–water partition coefficient (Wildman–Crippen LogP) is 2.79. The number of hydrogen-bond donors (Lipinski definition) is 4. The van der Waals surface area contributed by atoms with Crippen molar-refractivity contribution in [2.45, 2.75) is 38.5 Å². The Balaban J connectivity index is 1.51. The van der Waals surface area contributed by atoms with Crippen LogP contribution >= 0.6 is 11.6 Å². The van der Waals surface area contributed by atoms with Crippen molar-refractivity contribution in [1.82, 2.24) is 20.2 Å². The first kappa shape index (κ1) is 27.3. The third-order valence-corrected chi connectivity index (χ3v) is 6.73. The van der Waals surface area contributed by atoms with E-state index in [-0.39, 0.29) is 37.6 Å². The molecule has 2 amide bonds. The number of carbonyl (C=O) groups excluding carboxylic acids is 2. The van der Waals surface area contributed by atoms with E-state index >= 15 is 0 Å². The molecule has 38 heavy (non-hydrogen) atoms. The standard InChI is InChI=1S/C27H30ClN5O5/c1-15(13-34)30-27-29-11-22(28)24(32-27)18-7-8-19-12-33(26(37)21(19)10-18)16(2)25(36)31-23(14-35)17-5-4-6-20(9-17)38-3/h4-11,15-16,23,34-35H,12-14H2,1-3H3,(H,31,36)(H,29,30,32)/t15-,16+,23+/m0/s1. The fourth-order valence-electron chi connectivity index (χ4n) is 4.22. The first-order valence-corrected chi connectivity index (χ1v) is 12.5. The van der Waals surface area contributed by atoms with Crippen molar-refractivity contribution >= 4 is 29.4 Å². The number of anilines is 1. The minimum Gasteiger partial charge on any atom is -0.497 e. The van der Waals surface area contributed by atoms with E-state index < -0.39 is 12.1 Å². The van der Waals surface area contributed by atoms with Crippen LogP contribution in [0.1, 0.15) is 41.4 Å². The highest BCUT2D eigenvalue weighted by atomic mass is 35.5. The maximum atomic E-state index is 13.3. The minimum absolute atomic E-state index is 0.0884. The monoisotopic (exact) mass is 539 g/mol. The number of aromatic nitrogens is 2. The number of halogens is 1. The summed E-state index contributed by atoms with van der Waals surface area (Å²) in [6.07, 6.45) is 1.46. The van der Waals surface area contributed by atoms with Crippen LogP contribution in [0.2, 0.25) is 5.02 Å². The molecule has 10 nitrogen and oxygen atoms in total. The van der Waals surface area contributed by atoms with Crippen LogP contribution in [-0.4, -0.2) is 69.3 Å². The first-order chi connectivity index (χ1) is 18.2. The minimum atomic E-state index is -0.781. The molecule has 1 aliphatic heterocycles. The molecular weight excluding hydrogens is 510 g/mol. The molecule has 0 radical (unpaired) electrons. The Bertz CT molecular complexity index is 1340. The number of fused-ring (bicyclic) bond motifs is 1. The summed E-state index contributed by atoms with van der Waals surface area (Å²) in [5, 5.41) is 25.3. The van der Waals surface area contributed by atoms with E-state index in [1.165, 1.54) is 11.1 Å². The second-order valence-electron chi connectivity index (χ2n) is 9.12. The van der Waals surface area contributed by atoms with Crippen LogP contribution in [0.4, 0.5) is 5.95 Å². The van der Waals surface area contributed by atoms with Gasteiger partial charge in [0.15, 0.2) is 0 Å². The Morgan fingerprint density at radius 2 is 1.97 bits per heavy atom. The normalized spacial score (nSPS) is 15.0.